The molecule has 2 rings (SSSR count). The molecular weight excluding hydrogens is 233 g/mol. The quantitative estimate of drug-likeness (QED) is 0.668. The van der Waals surface area contributed by atoms with E-state index in [1.807, 2.05) is 0 Å². The summed E-state index contributed by atoms with van der Waals surface area (Å²) in [5.41, 5.74) is 6.26. The van der Waals surface area contributed by atoms with Gasteiger partial charge in [-0.15, -0.1) is 0 Å². The van der Waals surface area contributed by atoms with Crippen LogP contribution in [0.25, 0.3) is 0 Å². The van der Waals surface area contributed by atoms with Crippen molar-refractivity contribution in [1.82, 2.24) is 0 Å². The highest BCUT2D eigenvalue weighted by atomic mass is 19.1. The molecule has 2 N–H and O–H groups in total. The summed E-state index contributed by atoms with van der Waals surface area (Å²) in [6.07, 6.45) is 0. The van der Waals surface area contributed by atoms with Crippen LogP contribution in [0.5, 0.6) is 5.75 Å². The van der Waals surface area contributed by atoms with Crippen LogP contribution in [0.2, 0.25) is 0 Å². The van der Waals surface area contributed by atoms with Gasteiger partial charge in [0.05, 0.1) is 12.8 Å². The summed E-state index contributed by atoms with van der Waals surface area (Å²) in [5.74, 6) is -0.0594. The third kappa shape index (κ3) is 2.32. The molecule has 0 aliphatic rings. The van der Waals surface area contributed by atoms with Gasteiger partial charge in [0.15, 0.2) is 5.78 Å². The molecule has 0 saturated carbocycles. The van der Waals surface area contributed by atoms with Gasteiger partial charge in [-0.1, -0.05) is 0 Å². The zero-order valence-electron chi connectivity index (χ0n) is 9.81. The number of halogens is 1. The van der Waals surface area contributed by atoms with Crippen molar-refractivity contribution in [2.45, 2.75) is 0 Å². The molecule has 2 aromatic rings. The number of hydrogen-bond donors (Lipinski definition) is 1. The van der Waals surface area contributed by atoms with Crippen LogP contribution in [0.3, 0.4) is 0 Å². The Hall–Kier alpha value is -2.36. The largest absolute Gasteiger partial charge is 0.497 e. The Balaban J connectivity index is 2.32. The molecule has 0 aliphatic carbocycles. The van der Waals surface area contributed by atoms with Gasteiger partial charge >= 0.3 is 0 Å². The van der Waals surface area contributed by atoms with E-state index in [0.29, 0.717) is 16.9 Å². The predicted molar refractivity (Wildman–Crippen MR) is 67.2 cm³/mol. The molecule has 0 amide bonds. The number of benzene rings is 2. The molecule has 0 radical (unpaired) electrons. The molecule has 0 heterocycles. The monoisotopic (exact) mass is 245 g/mol. The minimum absolute atomic E-state index is 0.0330. The molecule has 0 atom stereocenters. The van der Waals surface area contributed by atoms with Gasteiger partial charge in [0.1, 0.15) is 11.6 Å². The van der Waals surface area contributed by atoms with Crippen LogP contribution in [0, 0.1) is 5.82 Å². The van der Waals surface area contributed by atoms with Crippen molar-refractivity contribution in [3.8, 4) is 5.75 Å². The molecule has 0 fully saturated rings. The standard InChI is InChI=1S/C14H12FNO2/c1-18-11-5-2-9(3-6-11)14(17)10-4-7-12(15)13(16)8-10/h2-8H,16H2,1H3. The number of methoxy groups -OCH3 is 1. The lowest BCUT2D eigenvalue weighted by Gasteiger charge is -2.04. The van der Waals surface area contributed by atoms with E-state index in [-0.39, 0.29) is 11.5 Å². The average Bonchev–Trinajstić information content (AvgIpc) is 2.41. The summed E-state index contributed by atoms with van der Waals surface area (Å²) >= 11 is 0. The van der Waals surface area contributed by atoms with Crippen molar-refractivity contribution in [2.75, 3.05) is 12.8 Å². The van der Waals surface area contributed by atoms with Crippen LogP contribution in [-0.2, 0) is 0 Å². The lowest BCUT2D eigenvalue weighted by atomic mass is 10.0. The van der Waals surface area contributed by atoms with Crippen LogP contribution in [0.15, 0.2) is 42.5 Å². The van der Waals surface area contributed by atoms with Crippen molar-refractivity contribution in [1.29, 1.82) is 0 Å². The number of ether oxygens (including phenoxy) is 1. The number of anilines is 1. The van der Waals surface area contributed by atoms with Crippen molar-refractivity contribution in [2.24, 2.45) is 0 Å². The Bertz CT molecular complexity index is 579. The molecule has 0 aliphatic heterocycles. The minimum atomic E-state index is -0.527. The zero-order valence-corrected chi connectivity index (χ0v) is 9.81. The van der Waals surface area contributed by atoms with E-state index in [4.69, 9.17) is 10.5 Å². The first-order valence-corrected chi connectivity index (χ1v) is 5.35. The number of rotatable bonds is 3. The topological polar surface area (TPSA) is 52.3 Å². The highest BCUT2D eigenvalue weighted by Crippen LogP contribution is 2.18. The molecular formula is C14H12FNO2. The Morgan fingerprint density at radius 1 is 1.11 bits per heavy atom. The van der Waals surface area contributed by atoms with Crippen molar-refractivity contribution in [3.63, 3.8) is 0 Å². The fraction of sp³-hybridized carbons (Fsp3) is 0.0714. The number of nitrogens with two attached hydrogens (primary N) is 1. The van der Waals surface area contributed by atoms with Gasteiger partial charge in [-0.2, -0.15) is 0 Å². The maximum absolute atomic E-state index is 13.0. The normalized spacial score (nSPS) is 10.1. The van der Waals surface area contributed by atoms with Gasteiger partial charge in [0.25, 0.3) is 0 Å². The van der Waals surface area contributed by atoms with Crippen LogP contribution in [0.1, 0.15) is 15.9 Å². The van der Waals surface area contributed by atoms with E-state index in [1.165, 1.54) is 18.2 Å². The number of hydrogen-bond acceptors (Lipinski definition) is 3. The van der Waals surface area contributed by atoms with E-state index >= 15 is 0 Å². The van der Waals surface area contributed by atoms with Gasteiger partial charge in [-0.25, -0.2) is 4.39 Å². The molecule has 92 valence electrons. The van der Waals surface area contributed by atoms with Crippen molar-refractivity contribution >= 4 is 11.5 Å². The molecule has 0 saturated heterocycles. The number of ketones is 1. The molecule has 0 aromatic heterocycles. The Labute approximate surface area is 104 Å². The second-order valence-corrected chi connectivity index (χ2v) is 3.79. The van der Waals surface area contributed by atoms with Gasteiger partial charge in [0.2, 0.25) is 0 Å². The van der Waals surface area contributed by atoms with Gasteiger partial charge in [0, 0.05) is 11.1 Å². The third-order valence-electron chi connectivity index (χ3n) is 2.61. The summed E-state index contributed by atoms with van der Waals surface area (Å²) in [6.45, 7) is 0. The lowest BCUT2D eigenvalue weighted by molar-refractivity contribution is 0.103. The molecule has 0 bridgehead atoms. The van der Waals surface area contributed by atoms with Gasteiger partial charge in [-0.3, -0.25) is 4.79 Å². The molecule has 0 unspecified atom stereocenters. The van der Waals surface area contributed by atoms with E-state index < -0.39 is 5.82 Å². The predicted octanol–water partition coefficient (Wildman–Crippen LogP) is 2.65. The Morgan fingerprint density at radius 2 is 1.72 bits per heavy atom. The molecule has 18 heavy (non-hydrogen) atoms. The van der Waals surface area contributed by atoms with Crippen molar-refractivity contribution < 1.29 is 13.9 Å². The van der Waals surface area contributed by atoms with Crippen molar-refractivity contribution in [3.05, 3.63) is 59.4 Å². The molecule has 3 nitrogen and oxygen atoms in total. The van der Waals surface area contributed by atoms with Crippen LogP contribution < -0.4 is 10.5 Å². The number of nitrogen functional groups attached to an aromatic ring is 1. The van der Waals surface area contributed by atoms with E-state index in [0.717, 1.165) is 0 Å². The Morgan fingerprint density at radius 3 is 2.28 bits per heavy atom. The number of carbonyl (C=O) groups excluding carboxylic acids is 1. The lowest BCUT2D eigenvalue weighted by Crippen LogP contribution is -2.03. The van der Waals surface area contributed by atoms with Crippen LogP contribution >= 0.6 is 0 Å². The first-order chi connectivity index (χ1) is 8.61. The molecule has 4 heteroatoms. The summed E-state index contributed by atoms with van der Waals surface area (Å²) in [5, 5.41) is 0. The smallest absolute Gasteiger partial charge is 0.193 e. The highest BCUT2D eigenvalue weighted by molar-refractivity contribution is 6.09. The minimum Gasteiger partial charge on any atom is -0.497 e. The van der Waals surface area contributed by atoms with Gasteiger partial charge in [-0.05, 0) is 42.5 Å². The maximum atomic E-state index is 13.0. The highest BCUT2D eigenvalue weighted by Gasteiger charge is 2.10. The second-order valence-electron chi connectivity index (χ2n) is 3.79. The average molecular weight is 245 g/mol. The summed E-state index contributed by atoms with van der Waals surface area (Å²) in [4.78, 5) is 12.1. The SMILES string of the molecule is COc1ccc(C(=O)c2ccc(F)c(N)c2)cc1. The molecule has 0 spiro atoms. The Kier molecular flexibility index (Phi) is 3.28. The van der Waals surface area contributed by atoms with E-state index in [9.17, 15) is 9.18 Å². The van der Waals surface area contributed by atoms with Gasteiger partial charge < -0.3 is 10.5 Å². The number of carbonyl (C=O) groups is 1. The third-order valence-corrected chi connectivity index (χ3v) is 2.61. The zero-order chi connectivity index (χ0) is 13.1. The maximum Gasteiger partial charge on any atom is 0.193 e. The first kappa shape index (κ1) is 12.1. The van der Waals surface area contributed by atoms with Crippen LogP contribution in [-0.4, -0.2) is 12.9 Å². The second kappa shape index (κ2) is 4.87. The summed E-state index contributed by atoms with van der Waals surface area (Å²) < 4.78 is 18.0. The van der Waals surface area contributed by atoms with Crippen LogP contribution in [0.4, 0.5) is 10.1 Å². The summed E-state index contributed by atoms with van der Waals surface area (Å²) in [6, 6.07) is 10.6. The fourth-order valence-corrected chi connectivity index (χ4v) is 1.59. The fourth-order valence-electron chi connectivity index (χ4n) is 1.59. The van der Waals surface area contributed by atoms with E-state index in [1.54, 1.807) is 31.4 Å². The first-order valence-electron chi connectivity index (χ1n) is 5.35. The molecule has 2 aromatic carbocycles. The van der Waals surface area contributed by atoms with E-state index in [2.05, 4.69) is 0 Å². The summed E-state index contributed by atoms with van der Waals surface area (Å²) in [7, 11) is 1.55.